The van der Waals surface area contributed by atoms with E-state index in [-0.39, 0.29) is 29.9 Å². The molecule has 0 unspecified atom stereocenters. The summed E-state index contributed by atoms with van der Waals surface area (Å²) in [5.74, 6) is 0.0110. The Morgan fingerprint density at radius 1 is 1.15 bits per heavy atom. The number of ketones is 1. The van der Waals surface area contributed by atoms with E-state index in [0.29, 0.717) is 13.2 Å². The zero-order valence-corrected chi connectivity index (χ0v) is 15.7. The molecule has 1 aliphatic heterocycles. The monoisotopic (exact) mass is 358 g/mol. The van der Waals surface area contributed by atoms with Crippen molar-refractivity contribution in [2.75, 3.05) is 33.4 Å². The minimum Gasteiger partial charge on any atom is -0.384 e. The van der Waals surface area contributed by atoms with E-state index >= 15 is 0 Å². The number of fused-ring (bicyclic) bond motifs is 1. The summed E-state index contributed by atoms with van der Waals surface area (Å²) in [6.45, 7) is 3.18. The number of hydrogen-bond acceptors (Lipinski definition) is 4. The maximum Gasteiger partial charge on any atom is 0.220 e. The standard InChI is InChI=1S/C21H30N2O3/c1-26-15-21(9-11-22-12-10-21)14-23-20(25)8-7-19(24)18-6-5-16-3-2-4-17(16)13-18/h5-6,13,22H,2-4,7-12,14-15H2,1H3,(H,23,25). The highest BCUT2D eigenvalue weighted by Crippen LogP contribution is 2.28. The van der Waals surface area contributed by atoms with Crippen LogP contribution >= 0.6 is 0 Å². The molecule has 1 saturated heterocycles. The van der Waals surface area contributed by atoms with Crippen molar-refractivity contribution < 1.29 is 14.3 Å². The fourth-order valence-electron chi connectivity index (χ4n) is 4.13. The Balaban J connectivity index is 1.46. The van der Waals surface area contributed by atoms with Crippen molar-refractivity contribution in [1.29, 1.82) is 0 Å². The van der Waals surface area contributed by atoms with Gasteiger partial charge in [-0.05, 0) is 62.4 Å². The summed E-state index contributed by atoms with van der Waals surface area (Å²) in [7, 11) is 1.71. The third-order valence-corrected chi connectivity index (χ3v) is 5.77. The van der Waals surface area contributed by atoms with Crippen LogP contribution in [0.4, 0.5) is 0 Å². The molecule has 5 heteroatoms. The lowest BCUT2D eigenvalue weighted by atomic mass is 9.79. The van der Waals surface area contributed by atoms with E-state index in [1.807, 2.05) is 12.1 Å². The molecule has 0 atom stereocenters. The van der Waals surface area contributed by atoms with Gasteiger partial charge in [0.2, 0.25) is 5.91 Å². The van der Waals surface area contributed by atoms with E-state index in [2.05, 4.69) is 16.7 Å². The van der Waals surface area contributed by atoms with Crippen LogP contribution in [0.15, 0.2) is 18.2 Å². The lowest BCUT2D eigenvalue weighted by Crippen LogP contribution is -2.47. The van der Waals surface area contributed by atoms with Crippen molar-refractivity contribution in [3.63, 3.8) is 0 Å². The fraction of sp³-hybridized carbons (Fsp3) is 0.619. The Bertz CT molecular complexity index is 645. The largest absolute Gasteiger partial charge is 0.384 e. The number of piperidine rings is 1. The third kappa shape index (κ3) is 4.71. The zero-order valence-electron chi connectivity index (χ0n) is 15.7. The first-order valence-corrected chi connectivity index (χ1v) is 9.73. The summed E-state index contributed by atoms with van der Waals surface area (Å²) in [4.78, 5) is 24.6. The number of methoxy groups -OCH3 is 1. The number of carbonyl (C=O) groups is 2. The van der Waals surface area contributed by atoms with E-state index in [1.54, 1.807) is 7.11 Å². The number of aryl methyl sites for hydroxylation is 2. The smallest absolute Gasteiger partial charge is 0.220 e. The molecule has 2 aliphatic rings. The predicted molar refractivity (Wildman–Crippen MR) is 101 cm³/mol. The van der Waals surface area contributed by atoms with Gasteiger partial charge in [-0.2, -0.15) is 0 Å². The summed E-state index contributed by atoms with van der Waals surface area (Å²) in [5, 5.41) is 6.38. The van der Waals surface area contributed by atoms with Crippen LogP contribution in [-0.2, 0) is 22.4 Å². The van der Waals surface area contributed by atoms with Gasteiger partial charge in [0.15, 0.2) is 5.78 Å². The molecule has 0 saturated carbocycles. The first-order valence-electron chi connectivity index (χ1n) is 9.73. The number of carbonyl (C=O) groups excluding carboxylic acids is 2. The van der Waals surface area contributed by atoms with Gasteiger partial charge in [-0.15, -0.1) is 0 Å². The van der Waals surface area contributed by atoms with Crippen molar-refractivity contribution in [3.05, 3.63) is 34.9 Å². The molecule has 1 aromatic rings. The molecule has 0 radical (unpaired) electrons. The van der Waals surface area contributed by atoms with Gasteiger partial charge in [0.05, 0.1) is 6.61 Å². The summed E-state index contributed by atoms with van der Waals surface area (Å²) in [5.41, 5.74) is 3.42. The summed E-state index contributed by atoms with van der Waals surface area (Å²) >= 11 is 0. The quantitative estimate of drug-likeness (QED) is 0.700. The number of benzene rings is 1. The Kier molecular flexibility index (Phi) is 6.43. The number of rotatable bonds is 8. The lowest BCUT2D eigenvalue weighted by Gasteiger charge is -2.37. The van der Waals surface area contributed by atoms with E-state index in [9.17, 15) is 9.59 Å². The van der Waals surface area contributed by atoms with Gasteiger partial charge in [-0.1, -0.05) is 12.1 Å². The van der Waals surface area contributed by atoms with Crippen molar-refractivity contribution in [2.24, 2.45) is 5.41 Å². The molecule has 0 bridgehead atoms. The first kappa shape index (κ1) is 19.1. The van der Waals surface area contributed by atoms with Crippen LogP contribution in [0.5, 0.6) is 0 Å². The van der Waals surface area contributed by atoms with Crippen LogP contribution < -0.4 is 10.6 Å². The molecule has 142 valence electrons. The highest BCUT2D eigenvalue weighted by molar-refractivity contribution is 5.98. The van der Waals surface area contributed by atoms with Crippen LogP contribution in [0.25, 0.3) is 0 Å². The van der Waals surface area contributed by atoms with Gasteiger partial charge in [0, 0.05) is 37.5 Å². The van der Waals surface area contributed by atoms with Crippen LogP contribution in [0.1, 0.15) is 53.6 Å². The topological polar surface area (TPSA) is 67.4 Å². The van der Waals surface area contributed by atoms with Crippen molar-refractivity contribution in [1.82, 2.24) is 10.6 Å². The minimum absolute atomic E-state index is 0.0135. The van der Waals surface area contributed by atoms with Crippen LogP contribution in [0, 0.1) is 5.41 Å². The van der Waals surface area contributed by atoms with Crippen LogP contribution in [0.2, 0.25) is 0 Å². The van der Waals surface area contributed by atoms with E-state index in [4.69, 9.17) is 4.74 Å². The minimum atomic E-state index is -0.0477. The second-order valence-electron chi connectivity index (χ2n) is 7.72. The molecule has 0 spiro atoms. The molecule has 5 nitrogen and oxygen atoms in total. The number of Topliss-reactive ketones (excluding diaryl/α,β-unsaturated/α-hetero) is 1. The van der Waals surface area contributed by atoms with Gasteiger partial charge in [0.25, 0.3) is 0 Å². The molecule has 0 aromatic heterocycles. The van der Waals surface area contributed by atoms with Crippen LogP contribution in [-0.4, -0.2) is 45.0 Å². The van der Waals surface area contributed by atoms with Crippen LogP contribution in [0.3, 0.4) is 0 Å². The second-order valence-corrected chi connectivity index (χ2v) is 7.72. The number of nitrogens with one attached hydrogen (secondary N) is 2. The molecule has 2 N–H and O–H groups in total. The van der Waals surface area contributed by atoms with Gasteiger partial charge >= 0.3 is 0 Å². The predicted octanol–water partition coefficient (Wildman–Crippen LogP) is 2.27. The molecular weight excluding hydrogens is 328 g/mol. The van der Waals surface area contributed by atoms with Crippen molar-refractivity contribution in [3.8, 4) is 0 Å². The van der Waals surface area contributed by atoms with E-state index in [1.165, 1.54) is 17.5 Å². The van der Waals surface area contributed by atoms with E-state index < -0.39 is 0 Å². The van der Waals surface area contributed by atoms with Gasteiger partial charge in [-0.3, -0.25) is 9.59 Å². The molecule has 1 fully saturated rings. The molecule has 1 amide bonds. The summed E-state index contributed by atoms with van der Waals surface area (Å²) in [6, 6.07) is 6.00. The maximum absolute atomic E-state index is 12.4. The molecule has 3 rings (SSSR count). The summed E-state index contributed by atoms with van der Waals surface area (Å²) in [6.07, 6.45) is 5.86. The zero-order chi connectivity index (χ0) is 18.4. The molecular formula is C21H30N2O3. The molecule has 1 aliphatic carbocycles. The average Bonchev–Trinajstić information content (AvgIpc) is 3.13. The lowest BCUT2D eigenvalue weighted by molar-refractivity contribution is -0.122. The van der Waals surface area contributed by atoms with Crippen molar-refractivity contribution >= 4 is 11.7 Å². The Labute approximate surface area is 155 Å². The highest BCUT2D eigenvalue weighted by Gasteiger charge is 2.32. The molecule has 1 aromatic carbocycles. The fourth-order valence-corrected chi connectivity index (χ4v) is 4.13. The van der Waals surface area contributed by atoms with E-state index in [0.717, 1.165) is 44.3 Å². The second kappa shape index (κ2) is 8.78. The molecule has 26 heavy (non-hydrogen) atoms. The Morgan fingerprint density at radius 2 is 1.92 bits per heavy atom. The SMILES string of the molecule is COCC1(CNC(=O)CCC(=O)c2ccc3c(c2)CCC3)CCNCC1. The van der Waals surface area contributed by atoms with Gasteiger partial charge in [-0.25, -0.2) is 0 Å². The third-order valence-electron chi connectivity index (χ3n) is 5.77. The van der Waals surface area contributed by atoms with Gasteiger partial charge in [0.1, 0.15) is 0 Å². The number of amides is 1. The normalized spacial score (nSPS) is 18.3. The number of ether oxygens (including phenoxy) is 1. The highest BCUT2D eigenvalue weighted by atomic mass is 16.5. The Morgan fingerprint density at radius 3 is 2.69 bits per heavy atom. The number of hydrogen-bond donors (Lipinski definition) is 2. The first-order chi connectivity index (χ1) is 12.6. The average molecular weight is 358 g/mol. The maximum atomic E-state index is 12.4. The molecule has 1 heterocycles. The van der Waals surface area contributed by atoms with Gasteiger partial charge < -0.3 is 15.4 Å². The van der Waals surface area contributed by atoms with Crippen molar-refractivity contribution in [2.45, 2.75) is 44.9 Å². The Hall–Kier alpha value is -1.72. The summed E-state index contributed by atoms with van der Waals surface area (Å²) < 4.78 is 5.38.